The van der Waals surface area contributed by atoms with Crippen molar-refractivity contribution < 1.29 is 14.3 Å². The molecule has 0 spiro atoms. The van der Waals surface area contributed by atoms with Gasteiger partial charge in [0, 0.05) is 42.5 Å². The Kier molecular flexibility index (Phi) is 3.87. The molecule has 1 unspecified atom stereocenters. The van der Waals surface area contributed by atoms with Crippen LogP contribution in [0.5, 0.6) is 5.75 Å². The van der Waals surface area contributed by atoms with Crippen molar-refractivity contribution >= 4 is 11.8 Å². The Hall–Kier alpha value is -2.89. The van der Waals surface area contributed by atoms with Crippen molar-refractivity contribution in [3.05, 3.63) is 58.9 Å². The number of hydrogen-bond acceptors (Lipinski definition) is 4. The van der Waals surface area contributed by atoms with Crippen LogP contribution in [0.1, 0.15) is 50.6 Å². The lowest BCUT2D eigenvalue weighted by molar-refractivity contribution is 0.0951. The van der Waals surface area contributed by atoms with Gasteiger partial charge in [0.1, 0.15) is 5.75 Å². The second-order valence-corrected chi connectivity index (χ2v) is 6.42. The van der Waals surface area contributed by atoms with Gasteiger partial charge in [-0.15, -0.1) is 0 Å². The largest absolute Gasteiger partial charge is 0.491 e. The van der Waals surface area contributed by atoms with Gasteiger partial charge in [0.25, 0.3) is 11.8 Å². The zero-order valence-electron chi connectivity index (χ0n) is 13.9. The topological polar surface area (TPSA) is 80.3 Å². The van der Waals surface area contributed by atoms with Crippen LogP contribution in [0.2, 0.25) is 0 Å². The first-order chi connectivity index (χ1) is 12.2. The minimum Gasteiger partial charge on any atom is -0.491 e. The van der Waals surface area contributed by atoms with Crippen molar-refractivity contribution in [2.75, 3.05) is 13.7 Å². The van der Waals surface area contributed by atoms with Crippen LogP contribution in [0.25, 0.3) is 0 Å². The number of aromatic nitrogens is 1. The highest BCUT2D eigenvalue weighted by atomic mass is 16.5. The Morgan fingerprint density at radius 3 is 2.76 bits per heavy atom. The predicted molar refractivity (Wildman–Crippen MR) is 91.9 cm³/mol. The number of benzene rings is 1. The molecular formula is C19H19N3O3. The molecule has 2 amide bonds. The fraction of sp³-hybridized carbons (Fsp3) is 0.316. The summed E-state index contributed by atoms with van der Waals surface area (Å²) < 4.78 is 5.83. The average Bonchev–Trinajstić information content (AvgIpc) is 3.36. The molecule has 6 heteroatoms. The quantitative estimate of drug-likeness (QED) is 0.892. The molecule has 1 aliphatic carbocycles. The van der Waals surface area contributed by atoms with E-state index in [1.165, 1.54) is 0 Å². The van der Waals surface area contributed by atoms with E-state index in [0.717, 1.165) is 24.0 Å². The molecule has 0 bridgehead atoms. The molecule has 6 nitrogen and oxygen atoms in total. The van der Waals surface area contributed by atoms with Gasteiger partial charge in [-0.25, -0.2) is 0 Å². The van der Waals surface area contributed by atoms with E-state index in [1.54, 1.807) is 25.5 Å². The Labute approximate surface area is 145 Å². The molecule has 1 saturated carbocycles. The molecule has 1 aliphatic heterocycles. The van der Waals surface area contributed by atoms with Gasteiger partial charge >= 0.3 is 0 Å². The Morgan fingerprint density at radius 1 is 1.24 bits per heavy atom. The third-order valence-electron chi connectivity index (χ3n) is 4.62. The zero-order valence-corrected chi connectivity index (χ0v) is 13.9. The van der Waals surface area contributed by atoms with E-state index < -0.39 is 0 Å². The highest BCUT2D eigenvalue weighted by Gasteiger charge is 2.32. The molecular weight excluding hydrogens is 318 g/mol. The van der Waals surface area contributed by atoms with Crippen LogP contribution in [0.3, 0.4) is 0 Å². The second kappa shape index (κ2) is 6.20. The first kappa shape index (κ1) is 15.6. The third kappa shape index (κ3) is 2.95. The minimum atomic E-state index is -0.260. The zero-order chi connectivity index (χ0) is 17.4. The van der Waals surface area contributed by atoms with E-state index in [4.69, 9.17) is 4.74 Å². The highest BCUT2D eigenvalue weighted by molar-refractivity contribution is 6.02. The van der Waals surface area contributed by atoms with Gasteiger partial charge < -0.3 is 15.4 Å². The van der Waals surface area contributed by atoms with Crippen LogP contribution in [0.15, 0.2) is 36.7 Å². The summed E-state index contributed by atoms with van der Waals surface area (Å²) in [6.45, 7) is 0.429. The van der Waals surface area contributed by atoms with Crippen LogP contribution < -0.4 is 15.4 Å². The first-order valence-corrected chi connectivity index (χ1v) is 8.41. The van der Waals surface area contributed by atoms with Gasteiger partial charge in [-0.3, -0.25) is 14.6 Å². The number of nitrogens with one attached hydrogen (secondary N) is 2. The van der Waals surface area contributed by atoms with Crippen molar-refractivity contribution in [3.63, 3.8) is 0 Å². The van der Waals surface area contributed by atoms with Crippen molar-refractivity contribution in [1.82, 2.24) is 15.6 Å². The van der Waals surface area contributed by atoms with Crippen molar-refractivity contribution in [2.45, 2.75) is 24.8 Å². The number of hydrogen-bond donors (Lipinski definition) is 2. The molecule has 2 heterocycles. The van der Waals surface area contributed by atoms with Gasteiger partial charge in [-0.2, -0.15) is 0 Å². The smallest absolute Gasteiger partial charge is 0.254 e. The summed E-state index contributed by atoms with van der Waals surface area (Å²) in [7, 11) is 1.57. The van der Waals surface area contributed by atoms with E-state index in [1.807, 2.05) is 18.2 Å². The molecule has 2 aliphatic rings. The molecule has 1 atom stereocenters. The maximum atomic E-state index is 12.5. The van der Waals surface area contributed by atoms with Gasteiger partial charge in [0.2, 0.25) is 0 Å². The number of carbonyl (C=O) groups excluding carboxylic acids is 2. The summed E-state index contributed by atoms with van der Waals surface area (Å²) in [6, 6.07) is 7.56. The van der Waals surface area contributed by atoms with Crippen molar-refractivity contribution in [3.8, 4) is 5.75 Å². The molecule has 0 radical (unpaired) electrons. The first-order valence-electron chi connectivity index (χ1n) is 8.41. The normalized spacial score (nSPS) is 18.2. The molecule has 25 heavy (non-hydrogen) atoms. The van der Waals surface area contributed by atoms with Gasteiger partial charge in [-0.1, -0.05) is 6.07 Å². The predicted octanol–water partition coefficient (Wildman–Crippen LogP) is 1.86. The van der Waals surface area contributed by atoms with Gasteiger partial charge in [0.15, 0.2) is 0 Å². The molecule has 2 aromatic rings. The molecule has 1 aromatic heterocycles. The number of amides is 2. The Bertz CT molecular complexity index is 831. The lowest BCUT2D eigenvalue weighted by Crippen LogP contribution is -2.26. The maximum absolute atomic E-state index is 12.5. The summed E-state index contributed by atoms with van der Waals surface area (Å²) in [5.41, 5.74) is 2.75. The van der Waals surface area contributed by atoms with E-state index in [-0.39, 0.29) is 23.8 Å². The molecule has 0 saturated heterocycles. The molecule has 2 N–H and O–H groups in total. The number of nitrogens with zero attached hydrogens (tertiary/aromatic N) is 1. The molecule has 1 fully saturated rings. The minimum absolute atomic E-state index is 0.0409. The van der Waals surface area contributed by atoms with Crippen LogP contribution in [-0.2, 0) is 0 Å². The summed E-state index contributed by atoms with van der Waals surface area (Å²) in [4.78, 5) is 29.0. The second-order valence-electron chi connectivity index (χ2n) is 6.42. The lowest BCUT2D eigenvalue weighted by Gasteiger charge is -2.12. The van der Waals surface area contributed by atoms with E-state index in [0.29, 0.717) is 23.5 Å². The van der Waals surface area contributed by atoms with E-state index in [2.05, 4.69) is 15.6 Å². The summed E-state index contributed by atoms with van der Waals surface area (Å²) >= 11 is 0. The number of rotatable bonds is 4. The van der Waals surface area contributed by atoms with E-state index in [9.17, 15) is 9.59 Å². The van der Waals surface area contributed by atoms with E-state index >= 15 is 0 Å². The monoisotopic (exact) mass is 337 g/mol. The van der Waals surface area contributed by atoms with Crippen LogP contribution in [0, 0.1) is 0 Å². The molecule has 4 rings (SSSR count). The fourth-order valence-electron chi connectivity index (χ4n) is 3.12. The SMILES string of the molecule is CNC(=O)c1cc(C(=O)NC2CC2)cc2c1OCC2c1cccnc1. The van der Waals surface area contributed by atoms with Crippen LogP contribution in [-0.4, -0.2) is 36.5 Å². The number of fused-ring (bicyclic) bond motifs is 1. The number of pyridine rings is 1. The molecule has 128 valence electrons. The van der Waals surface area contributed by atoms with Crippen molar-refractivity contribution in [2.24, 2.45) is 0 Å². The van der Waals surface area contributed by atoms with Gasteiger partial charge in [0.05, 0.1) is 12.2 Å². The fourth-order valence-corrected chi connectivity index (χ4v) is 3.12. The van der Waals surface area contributed by atoms with Gasteiger partial charge in [-0.05, 0) is 36.6 Å². The lowest BCUT2D eigenvalue weighted by atomic mass is 9.91. The van der Waals surface area contributed by atoms with Crippen LogP contribution in [0.4, 0.5) is 0 Å². The number of carbonyl (C=O) groups is 2. The average molecular weight is 337 g/mol. The summed E-state index contributed by atoms with van der Waals surface area (Å²) in [5.74, 6) is 0.105. The third-order valence-corrected chi connectivity index (χ3v) is 4.62. The standard InChI is InChI=1S/C19H19N3O3/c1-20-19(24)15-8-12(18(23)22-13-4-5-13)7-14-16(10-25-17(14)15)11-3-2-6-21-9-11/h2-3,6-9,13,16H,4-5,10H2,1H3,(H,20,24)(H,22,23). The number of ether oxygens (including phenoxy) is 1. The Morgan fingerprint density at radius 2 is 2.08 bits per heavy atom. The summed E-state index contributed by atoms with van der Waals surface area (Å²) in [5, 5.41) is 5.60. The summed E-state index contributed by atoms with van der Waals surface area (Å²) in [6.07, 6.45) is 5.54. The van der Waals surface area contributed by atoms with Crippen LogP contribution >= 0.6 is 0 Å². The Balaban J connectivity index is 1.78. The molecule has 1 aromatic carbocycles. The maximum Gasteiger partial charge on any atom is 0.254 e. The highest BCUT2D eigenvalue weighted by Crippen LogP contribution is 2.41. The van der Waals surface area contributed by atoms with Crippen molar-refractivity contribution in [1.29, 1.82) is 0 Å².